The van der Waals surface area contributed by atoms with Gasteiger partial charge in [-0.1, -0.05) is 67.8 Å². The number of aryl methyl sites for hydroxylation is 1. The van der Waals surface area contributed by atoms with Crippen molar-refractivity contribution in [3.63, 3.8) is 0 Å². The van der Waals surface area contributed by atoms with E-state index in [4.69, 9.17) is 4.74 Å². The van der Waals surface area contributed by atoms with Gasteiger partial charge in [0, 0.05) is 37.8 Å². The molecule has 0 saturated heterocycles. The van der Waals surface area contributed by atoms with Crippen molar-refractivity contribution in [2.24, 2.45) is 5.92 Å². The monoisotopic (exact) mass is 540 g/mol. The fraction of sp³-hybridized carbons (Fsp3) is 0.429. The average Bonchev–Trinajstić information content (AvgIpc) is 2.94. The Balaban J connectivity index is 1.53. The number of amides is 1. The normalized spacial score (nSPS) is 14.0. The van der Waals surface area contributed by atoms with E-state index in [0.29, 0.717) is 19.4 Å². The summed E-state index contributed by atoms with van der Waals surface area (Å²) in [4.78, 5) is 30.2. The first-order valence-corrected chi connectivity index (χ1v) is 14.6. The van der Waals surface area contributed by atoms with E-state index in [-0.39, 0.29) is 17.8 Å². The van der Waals surface area contributed by atoms with Gasteiger partial charge < -0.3 is 14.5 Å². The van der Waals surface area contributed by atoms with Crippen LogP contribution in [-0.2, 0) is 27.3 Å². The van der Waals surface area contributed by atoms with E-state index in [1.807, 2.05) is 58.0 Å². The predicted molar refractivity (Wildman–Crippen MR) is 165 cm³/mol. The lowest BCUT2D eigenvalue weighted by Gasteiger charge is -2.30. The molecule has 0 spiro atoms. The van der Waals surface area contributed by atoms with Gasteiger partial charge in [-0.25, -0.2) is 0 Å². The second-order valence-electron chi connectivity index (χ2n) is 12.2. The van der Waals surface area contributed by atoms with Crippen LogP contribution in [0.4, 0.5) is 11.4 Å². The van der Waals surface area contributed by atoms with E-state index >= 15 is 0 Å². The van der Waals surface area contributed by atoms with E-state index in [9.17, 15) is 9.59 Å². The van der Waals surface area contributed by atoms with E-state index < -0.39 is 5.60 Å². The molecule has 3 aromatic rings. The summed E-state index contributed by atoms with van der Waals surface area (Å²) in [6.45, 7) is 6.17. The van der Waals surface area contributed by atoms with Crippen LogP contribution in [0.25, 0.3) is 11.1 Å². The maximum absolute atomic E-state index is 13.9. The summed E-state index contributed by atoms with van der Waals surface area (Å²) in [5.41, 5.74) is 6.02. The third kappa shape index (κ3) is 8.20. The van der Waals surface area contributed by atoms with Gasteiger partial charge in [-0.3, -0.25) is 9.59 Å². The Morgan fingerprint density at radius 1 is 0.800 bits per heavy atom. The largest absolute Gasteiger partial charge is 0.460 e. The van der Waals surface area contributed by atoms with Crippen LogP contribution >= 0.6 is 0 Å². The van der Waals surface area contributed by atoms with Crippen molar-refractivity contribution in [2.75, 3.05) is 23.9 Å². The van der Waals surface area contributed by atoms with E-state index in [1.54, 1.807) is 0 Å². The van der Waals surface area contributed by atoms with Crippen LogP contribution in [0.1, 0.15) is 70.4 Å². The van der Waals surface area contributed by atoms with Crippen LogP contribution in [0.5, 0.6) is 0 Å². The molecule has 1 aliphatic rings. The molecule has 0 unspecified atom stereocenters. The molecule has 0 atom stereocenters. The molecule has 212 valence electrons. The first-order chi connectivity index (χ1) is 19.1. The van der Waals surface area contributed by atoms with Crippen molar-refractivity contribution in [3.05, 3.63) is 83.9 Å². The Bertz CT molecular complexity index is 1270. The van der Waals surface area contributed by atoms with Crippen LogP contribution < -0.4 is 9.80 Å². The lowest BCUT2D eigenvalue weighted by Crippen LogP contribution is -2.36. The first kappa shape index (κ1) is 29.4. The van der Waals surface area contributed by atoms with E-state index in [0.717, 1.165) is 48.1 Å². The molecule has 1 fully saturated rings. The summed E-state index contributed by atoms with van der Waals surface area (Å²) < 4.78 is 5.49. The van der Waals surface area contributed by atoms with E-state index in [2.05, 4.69) is 59.5 Å². The van der Waals surface area contributed by atoms with Gasteiger partial charge in [0.1, 0.15) is 5.60 Å². The van der Waals surface area contributed by atoms with Gasteiger partial charge in [-0.05, 0) is 86.6 Å². The number of carbonyl (C=O) groups excluding carboxylic acids is 2. The number of rotatable bonds is 9. The molecule has 40 heavy (non-hydrogen) atoms. The highest BCUT2D eigenvalue weighted by Crippen LogP contribution is 2.30. The average molecular weight is 541 g/mol. The Kier molecular flexibility index (Phi) is 9.67. The molecule has 0 heterocycles. The molecule has 5 heteroatoms. The smallest absolute Gasteiger partial charge is 0.306 e. The van der Waals surface area contributed by atoms with Crippen molar-refractivity contribution in [1.82, 2.24) is 0 Å². The number of nitrogens with zero attached hydrogens (tertiary/aromatic N) is 2. The zero-order chi connectivity index (χ0) is 28.7. The SMILES string of the molecule is CN(C)c1ccc(-c2ccc(CN(C(=O)C3CCCCC3)c3cccc(CCC(=O)OC(C)(C)C)c3)cc2)cc1. The second kappa shape index (κ2) is 13.2. The minimum Gasteiger partial charge on any atom is -0.460 e. The molecule has 5 nitrogen and oxygen atoms in total. The Hall–Kier alpha value is -3.60. The zero-order valence-corrected chi connectivity index (χ0v) is 24.8. The lowest BCUT2D eigenvalue weighted by molar-refractivity contribution is -0.154. The summed E-state index contributed by atoms with van der Waals surface area (Å²) in [5, 5.41) is 0. The Labute approximate surface area is 240 Å². The minimum absolute atomic E-state index is 0.0636. The standard InChI is InChI=1S/C35H44N2O3/c1-35(2,3)40-33(38)23-16-26-10-9-13-32(24-26)37(34(39)30-11-7-6-8-12-30)25-27-14-17-28(18-15-27)29-19-21-31(22-20-29)36(4)5/h9-10,13-15,17-22,24,30H,6-8,11-12,16,23,25H2,1-5H3. The molecule has 0 aromatic heterocycles. The topological polar surface area (TPSA) is 49.9 Å². The number of hydrogen-bond acceptors (Lipinski definition) is 4. The highest BCUT2D eigenvalue weighted by atomic mass is 16.6. The number of ether oxygens (including phenoxy) is 1. The van der Waals surface area contributed by atoms with Gasteiger partial charge in [0.25, 0.3) is 0 Å². The van der Waals surface area contributed by atoms with Crippen molar-refractivity contribution >= 4 is 23.3 Å². The fourth-order valence-electron chi connectivity index (χ4n) is 5.32. The summed E-state index contributed by atoms with van der Waals surface area (Å²) in [6.07, 6.45) is 6.23. The predicted octanol–water partition coefficient (Wildman–Crippen LogP) is 7.81. The van der Waals surface area contributed by atoms with E-state index in [1.165, 1.54) is 17.7 Å². The van der Waals surface area contributed by atoms with Crippen LogP contribution in [0.15, 0.2) is 72.8 Å². The maximum Gasteiger partial charge on any atom is 0.306 e. The van der Waals surface area contributed by atoms with Crippen molar-refractivity contribution in [1.29, 1.82) is 0 Å². The minimum atomic E-state index is -0.493. The molecule has 1 aliphatic carbocycles. The molecular formula is C35H44N2O3. The van der Waals surface area contributed by atoms with Crippen molar-refractivity contribution in [2.45, 2.75) is 77.9 Å². The molecule has 4 rings (SSSR count). The first-order valence-electron chi connectivity index (χ1n) is 14.6. The Morgan fingerprint density at radius 2 is 1.43 bits per heavy atom. The summed E-state index contributed by atoms with van der Waals surface area (Å²) in [6, 6.07) is 25.2. The number of hydrogen-bond donors (Lipinski definition) is 0. The molecule has 0 aliphatic heterocycles. The van der Waals surface area contributed by atoms with Crippen LogP contribution in [0.3, 0.4) is 0 Å². The molecule has 0 radical (unpaired) electrons. The zero-order valence-electron chi connectivity index (χ0n) is 24.8. The summed E-state index contributed by atoms with van der Waals surface area (Å²) >= 11 is 0. The van der Waals surface area contributed by atoms with Gasteiger partial charge >= 0.3 is 5.97 Å². The quantitative estimate of drug-likeness (QED) is 0.260. The summed E-state index contributed by atoms with van der Waals surface area (Å²) in [5.74, 6) is 0.0606. The highest BCUT2D eigenvalue weighted by Gasteiger charge is 2.27. The third-order valence-electron chi connectivity index (χ3n) is 7.49. The number of carbonyl (C=O) groups is 2. The van der Waals surface area contributed by atoms with Crippen LogP contribution in [-0.4, -0.2) is 31.6 Å². The van der Waals surface area contributed by atoms with Gasteiger partial charge in [0.05, 0.1) is 6.54 Å². The van der Waals surface area contributed by atoms with Gasteiger partial charge in [-0.2, -0.15) is 0 Å². The molecule has 3 aromatic carbocycles. The van der Waals surface area contributed by atoms with Crippen LogP contribution in [0.2, 0.25) is 0 Å². The molecule has 0 N–H and O–H groups in total. The van der Waals surface area contributed by atoms with Crippen molar-refractivity contribution in [3.8, 4) is 11.1 Å². The van der Waals surface area contributed by atoms with Crippen molar-refractivity contribution < 1.29 is 14.3 Å². The number of esters is 1. The van der Waals surface area contributed by atoms with Crippen LogP contribution in [0, 0.1) is 5.92 Å². The molecule has 1 amide bonds. The van der Waals surface area contributed by atoms with Gasteiger partial charge in [0.2, 0.25) is 5.91 Å². The lowest BCUT2D eigenvalue weighted by atomic mass is 9.88. The Morgan fingerprint density at radius 3 is 2.02 bits per heavy atom. The van der Waals surface area contributed by atoms with Gasteiger partial charge in [-0.15, -0.1) is 0 Å². The third-order valence-corrected chi connectivity index (χ3v) is 7.49. The number of anilines is 2. The molecule has 0 bridgehead atoms. The second-order valence-corrected chi connectivity index (χ2v) is 12.2. The number of benzene rings is 3. The molecular weight excluding hydrogens is 496 g/mol. The summed E-state index contributed by atoms with van der Waals surface area (Å²) in [7, 11) is 4.09. The highest BCUT2D eigenvalue weighted by molar-refractivity contribution is 5.95. The molecule has 1 saturated carbocycles. The van der Waals surface area contributed by atoms with Gasteiger partial charge in [0.15, 0.2) is 0 Å². The fourth-order valence-corrected chi connectivity index (χ4v) is 5.32. The maximum atomic E-state index is 13.9.